The molecule has 0 aromatic heterocycles. The zero-order valence-electron chi connectivity index (χ0n) is 9.35. The van der Waals surface area contributed by atoms with Gasteiger partial charge in [-0.1, -0.05) is 24.3 Å². The highest BCUT2D eigenvalue weighted by Crippen LogP contribution is 2.42. The number of ether oxygens (including phenoxy) is 1. The van der Waals surface area contributed by atoms with Gasteiger partial charge in [0.25, 0.3) is 0 Å². The van der Waals surface area contributed by atoms with Crippen molar-refractivity contribution in [3.63, 3.8) is 0 Å². The Balaban J connectivity index is 1.90. The van der Waals surface area contributed by atoms with E-state index in [1.54, 1.807) is 0 Å². The van der Waals surface area contributed by atoms with Gasteiger partial charge in [0.05, 0.1) is 7.11 Å². The van der Waals surface area contributed by atoms with Gasteiger partial charge < -0.3 is 9.64 Å². The fourth-order valence-electron chi connectivity index (χ4n) is 3.12. The van der Waals surface area contributed by atoms with E-state index in [2.05, 4.69) is 24.3 Å². The summed E-state index contributed by atoms with van der Waals surface area (Å²) in [6, 6.07) is 8.85. The Hall–Kier alpha value is -1.51. The molecule has 3 heteroatoms. The molecule has 16 heavy (non-hydrogen) atoms. The number of amides is 1. The minimum atomic E-state index is -0.180. The Kier molecular flexibility index (Phi) is 2.13. The van der Waals surface area contributed by atoms with Gasteiger partial charge in [-0.25, -0.2) is 4.79 Å². The Morgan fingerprint density at radius 1 is 1.44 bits per heavy atom. The van der Waals surface area contributed by atoms with Crippen LogP contribution in [0.5, 0.6) is 0 Å². The molecule has 1 saturated heterocycles. The molecule has 0 saturated carbocycles. The van der Waals surface area contributed by atoms with Crippen molar-refractivity contribution >= 4 is 6.09 Å². The lowest BCUT2D eigenvalue weighted by Gasteiger charge is -2.22. The van der Waals surface area contributed by atoms with Crippen LogP contribution >= 0.6 is 0 Å². The van der Waals surface area contributed by atoms with Crippen LogP contribution in [0, 0.1) is 0 Å². The van der Waals surface area contributed by atoms with E-state index in [1.807, 2.05) is 4.90 Å². The third kappa shape index (κ3) is 1.24. The standard InChI is InChI=1S/C13H15NO2/c1-16-13(15)14-7-6-11-10-5-3-2-4-9(10)8-12(11)14/h2-5,11-12H,6-8H2,1H3/t11-,12+/m1/s1. The lowest BCUT2D eigenvalue weighted by atomic mass is 9.98. The van der Waals surface area contributed by atoms with E-state index in [0.29, 0.717) is 12.0 Å². The van der Waals surface area contributed by atoms with Gasteiger partial charge in [-0.3, -0.25) is 0 Å². The van der Waals surface area contributed by atoms with Gasteiger partial charge in [0.15, 0.2) is 0 Å². The lowest BCUT2D eigenvalue weighted by Crippen LogP contribution is -2.36. The summed E-state index contributed by atoms with van der Waals surface area (Å²) >= 11 is 0. The molecule has 1 fully saturated rings. The fourth-order valence-corrected chi connectivity index (χ4v) is 3.12. The van der Waals surface area contributed by atoms with Crippen LogP contribution in [0.4, 0.5) is 4.79 Å². The molecule has 2 atom stereocenters. The fraction of sp³-hybridized carbons (Fsp3) is 0.462. The molecular formula is C13H15NO2. The van der Waals surface area contributed by atoms with E-state index in [0.717, 1.165) is 19.4 Å². The minimum Gasteiger partial charge on any atom is -0.453 e. The van der Waals surface area contributed by atoms with Gasteiger partial charge in [0.2, 0.25) is 0 Å². The number of nitrogens with zero attached hydrogens (tertiary/aromatic N) is 1. The van der Waals surface area contributed by atoms with Gasteiger partial charge >= 0.3 is 6.09 Å². The number of likely N-dealkylation sites (tertiary alicyclic amines) is 1. The highest BCUT2D eigenvalue weighted by molar-refractivity contribution is 5.69. The molecule has 0 unspecified atom stereocenters. The van der Waals surface area contributed by atoms with Crippen molar-refractivity contribution < 1.29 is 9.53 Å². The average Bonchev–Trinajstić information content (AvgIpc) is 2.86. The molecule has 3 nitrogen and oxygen atoms in total. The summed E-state index contributed by atoms with van der Waals surface area (Å²) in [7, 11) is 1.46. The molecule has 0 spiro atoms. The topological polar surface area (TPSA) is 29.5 Å². The quantitative estimate of drug-likeness (QED) is 0.666. The summed E-state index contributed by atoms with van der Waals surface area (Å²) in [5.74, 6) is 0.523. The Morgan fingerprint density at radius 2 is 2.25 bits per heavy atom. The number of fused-ring (bicyclic) bond motifs is 3. The first-order valence-corrected chi connectivity index (χ1v) is 5.73. The van der Waals surface area contributed by atoms with E-state index >= 15 is 0 Å². The molecule has 0 radical (unpaired) electrons. The smallest absolute Gasteiger partial charge is 0.409 e. The normalized spacial score (nSPS) is 26.4. The van der Waals surface area contributed by atoms with Crippen molar-refractivity contribution in [2.24, 2.45) is 0 Å². The van der Waals surface area contributed by atoms with Crippen LogP contribution in [-0.4, -0.2) is 30.7 Å². The number of carbonyl (C=O) groups excluding carboxylic acids is 1. The van der Waals surface area contributed by atoms with E-state index in [1.165, 1.54) is 18.2 Å². The molecule has 2 aliphatic rings. The van der Waals surface area contributed by atoms with Crippen LogP contribution < -0.4 is 0 Å². The third-order valence-electron chi connectivity index (χ3n) is 3.84. The average molecular weight is 217 g/mol. The van der Waals surface area contributed by atoms with Crippen LogP contribution in [0.1, 0.15) is 23.5 Å². The van der Waals surface area contributed by atoms with E-state index in [9.17, 15) is 4.79 Å². The van der Waals surface area contributed by atoms with Crippen LogP contribution in [0.25, 0.3) is 0 Å². The number of benzene rings is 1. The number of rotatable bonds is 0. The van der Waals surface area contributed by atoms with Crippen molar-refractivity contribution in [2.75, 3.05) is 13.7 Å². The largest absolute Gasteiger partial charge is 0.453 e. The number of carbonyl (C=O) groups is 1. The molecule has 1 aromatic carbocycles. The number of hydrogen-bond donors (Lipinski definition) is 0. The summed E-state index contributed by atoms with van der Waals surface area (Å²) in [6.07, 6.45) is 1.87. The first kappa shape index (κ1) is 9.70. The Labute approximate surface area is 95.0 Å². The second-order valence-corrected chi connectivity index (χ2v) is 4.53. The van der Waals surface area contributed by atoms with Crippen LogP contribution in [0.15, 0.2) is 24.3 Å². The Morgan fingerprint density at radius 3 is 3.06 bits per heavy atom. The van der Waals surface area contributed by atoms with Gasteiger partial charge in [0.1, 0.15) is 0 Å². The molecular weight excluding hydrogens is 202 g/mol. The molecule has 1 aliphatic heterocycles. The first-order valence-electron chi connectivity index (χ1n) is 5.73. The highest BCUT2D eigenvalue weighted by atomic mass is 16.5. The maximum absolute atomic E-state index is 11.6. The Bertz CT molecular complexity index is 430. The van der Waals surface area contributed by atoms with Gasteiger partial charge in [-0.05, 0) is 24.0 Å². The third-order valence-corrected chi connectivity index (χ3v) is 3.84. The van der Waals surface area contributed by atoms with Crippen molar-refractivity contribution in [1.82, 2.24) is 4.90 Å². The SMILES string of the molecule is COC(=O)N1CC[C@@H]2c3ccccc3C[C@@H]21. The van der Waals surface area contributed by atoms with Crippen LogP contribution in [-0.2, 0) is 11.2 Å². The maximum Gasteiger partial charge on any atom is 0.409 e. The molecule has 0 bridgehead atoms. The van der Waals surface area contributed by atoms with Gasteiger partial charge in [-0.15, -0.1) is 0 Å². The number of methoxy groups -OCH3 is 1. The lowest BCUT2D eigenvalue weighted by molar-refractivity contribution is 0.118. The molecule has 1 aliphatic carbocycles. The summed E-state index contributed by atoms with van der Waals surface area (Å²) in [6.45, 7) is 0.830. The maximum atomic E-state index is 11.6. The highest BCUT2D eigenvalue weighted by Gasteiger charge is 2.43. The van der Waals surface area contributed by atoms with Crippen molar-refractivity contribution in [2.45, 2.75) is 24.8 Å². The summed E-state index contributed by atoms with van der Waals surface area (Å²) < 4.78 is 4.83. The zero-order chi connectivity index (χ0) is 11.1. The summed E-state index contributed by atoms with van der Waals surface area (Å²) in [5, 5.41) is 0. The van der Waals surface area contributed by atoms with Crippen molar-refractivity contribution in [3.8, 4) is 0 Å². The summed E-state index contributed by atoms with van der Waals surface area (Å²) in [4.78, 5) is 13.5. The predicted molar refractivity (Wildman–Crippen MR) is 60.4 cm³/mol. The van der Waals surface area contributed by atoms with E-state index < -0.39 is 0 Å². The molecule has 0 N–H and O–H groups in total. The first-order chi connectivity index (χ1) is 7.81. The van der Waals surface area contributed by atoms with Crippen molar-refractivity contribution in [3.05, 3.63) is 35.4 Å². The zero-order valence-corrected chi connectivity index (χ0v) is 9.35. The monoisotopic (exact) mass is 217 g/mol. The summed E-state index contributed by atoms with van der Waals surface area (Å²) in [5.41, 5.74) is 2.82. The minimum absolute atomic E-state index is 0.180. The number of hydrogen-bond acceptors (Lipinski definition) is 2. The molecule has 84 valence electrons. The second kappa shape index (κ2) is 3.51. The second-order valence-electron chi connectivity index (χ2n) is 4.53. The van der Waals surface area contributed by atoms with Gasteiger partial charge in [0, 0.05) is 18.5 Å². The van der Waals surface area contributed by atoms with Crippen LogP contribution in [0.2, 0.25) is 0 Å². The van der Waals surface area contributed by atoms with Gasteiger partial charge in [-0.2, -0.15) is 0 Å². The van der Waals surface area contributed by atoms with E-state index in [4.69, 9.17) is 4.74 Å². The molecule has 1 aromatic rings. The molecule has 1 amide bonds. The van der Waals surface area contributed by atoms with Crippen molar-refractivity contribution in [1.29, 1.82) is 0 Å². The molecule has 3 rings (SSSR count). The molecule has 1 heterocycles. The predicted octanol–water partition coefficient (Wildman–Crippen LogP) is 2.17. The van der Waals surface area contributed by atoms with E-state index in [-0.39, 0.29) is 6.09 Å². The van der Waals surface area contributed by atoms with Crippen LogP contribution in [0.3, 0.4) is 0 Å².